The lowest BCUT2D eigenvalue weighted by Gasteiger charge is -2.15. The van der Waals surface area contributed by atoms with E-state index in [1.807, 2.05) is 30.3 Å². The average molecular weight is 311 g/mol. The van der Waals surface area contributed by atoms with Crippen molar-refractivity contribution in [3.8, 4) is 0 Å². The highest BCUT2D eigenvalue weighted by molar-refractivity contribution is 8.00. The maximum absolute atomic E-state index is 12.1. The van der Waals surface area contributed by atoms with Gasteiger partial charge in [0.25, 0.3) is 0 Å². The molecule has 0 aliphatic heterocycles. The molecule has 2 aromatic rings. The molecule has 22 heavy (non-hydrogen) atoms. The Morgan fingerprint density at radius 2 is 1.91 bits per heavy atom. The van der Waals surface area contributed by atoms with E-state index in [4.69, 9.17) is 0 Å². The molecule has 0 saturated carbocycles. The van der Waals surface area contributed by atoms with Crippen LogP contribution in [0.15, 0.2) is 53.4 Å². The molecular weight excluding hydrogens is 290 g/mol. The van der Waals surface area contributed by atoms with Crippen LogP contribution >= 0.6 is 11.8 Å². The van der Waals surface area contributed by atoms with Crippen molar-refractivity contribution < 1.29 is 4.79 Å². The number of aryl methyl sites for hydroxylation is 2. The Balaban J connectivity index is 1.55. The summed E-state index contributed by atoms with van der Waals surface area (Å²) < 4.78 is 0. The summed E-state index contributed by atoms with van der Waals surface area (Å²) in [5, 5.41) is 3.10. The van der Waals surface area contributed by atoms with Gasteiger partial charge in [-0.15, -0.1) is 11.8 Å². The SMILES string of the molecule is C[C@H](NC(=O)CSc1ccccc1)c1ccc2c(c1)CCC2. The Morgan fingerprint density at radius 3 is 2.73 bits per heavy atom. The third kappa shape index (κ3) is 3.72. The number of amides is 1. The zero-order chi connectivity index (χ0) is 15.4. The van der Waals surface area contributed by atoms with Crippen LogP contribution in [-0.4, -0.2) is 11.7 Å². The number of hydrogen-bond donors (Lipinski definition) is 1. The number of thioether (sulfide) groups is 1. The first-order chi connectivity index (χ1) is 10.7. The monoisotopic (exact) mass is 311 g/mol. The number of rotatable bonds is 5. The fourth-order valence-corrected chi connectivity index (χ4v) is 3.62. The number of hydrogen-bond acceptors (Lipinski definition) is 2. The van der Waals surface area contributed by atoms with Crippen LogP contribution in [-0.2, 0) is 17.6 Å². The minimum Gasteiger partial charge on any atom is -0.349 e. The molecule has 1 aliphatic carbocycles. The maximum atomic E-state index is 12.1. The van der Waals surface area contributed by atoms with Crippen LogP contribution in [0.3, 0.4) is 0 Å². The number of nitrogens with one attached hydrogen (secondary N) is 1. The van der Waals surface area contributed by atoms with Crippen molar-refractivity contribution >= 4 is 17.7 Å². The van der Waals surface area contributed by atoms with E-state index in [0.717, 1.165) is 4.90 Å². The Labute approximate surface area is 136 Å². The summed E-state index contributed by atoms with van der Waals surface area (Å²) >= 11 is 1.57. The van der Waals surface area contributed by atoms with Gasteiger partial charge in [0.1, 0.15) is 0 Å². The van der Waals surface area contributed by atoms with E-state index in [9.17, 15) is 4.79 Å². The molecule has 2 nitrogen and oxygen atoms in total. The van der Waals surface area contributed by atoms with Gasteiger partial charge in [-0.25, -0.2) is 0 Å². The molecule has 0 unspecified atom stereocenters. The molecule has 0 fully saturated rings. The van der Waals surface area contributed by atoms with Gasteiger partial charge < -0.3 is 5.32 Å². The summed E-state index contributed by atoms with van der Waals surface area (Å²) in [5.41, 5.74) is 4.14. The molecule has 0 aromatic heterocycles. The van der Waals surface area contributed by atoms with Crippen LogP contribution in [0.5, 0.6) is 0 Å². The lowest BCUT2D eigenvalue weighted by molar-refractivity contribution is -0.119. The summed E-state index contributed by atoms with van der Waals surface area (Å²) in [7, 11) is 0. The molecule has 1 atom stereocenters. The van der Waals surface area contributed by atoms with E-state index >= 15 is 0 Å². The first-order valence-corrected chi connectivity index (χ1v) is 8.80. The molecule has 2 aromatic carbocycles. The smallest absolute Gasteiger partial charge is 0.230 e. The zero-order valence-electron chi connectivity index (χ0n) is 12.8. The second-order valence-corrected chi connectivity index (χ2v) is 6.82. The molecule has 0 radical (unpaired) electrons. The zero-order valence-corrected chi connectivity index (χ0v) is 13.7. The largest absolute Gasteiger partial charge is 0.349 e. The molecular formula is C19H21NOS. The van der Waals surface area contributed by atoms with Crippen LogP contribution in [0.4, 0.5) is 0 Å². The number of benzene rings is 2. The summed E-state index contributed by atoms with van der Waals surface area (Å²) in [4.78, 5) is 13.2. The van der Waals surface area contributed by atoms with Crippen LogP contribution in [0.2, 0.25) is 0 Å². The number of carbonyl (C=O) groups excluding carboxylic acids is 1. The van der Waals surface area contributed by atoms with Crippen molar-refractivity contribution in [2.45, 2.75) is 37.1 Å². The molecule has 1 aliphatic rings. The Hall–Kier alpha value is -1.74. The van der Waals surface area contributed by atoms with Gasteiger partial charge in [0.2, 0.25) is 5.91 Å². The second-order valence-electron chi connectivity index (χ2n) is 5.77. The van der Waals surface area contributed by atoms with Crippen LogP contribution in [0, 0.1) is 0 Å². The molecule has 3 rings (SSSR count). The summed E-state index contributed by atoms with van der Waals surface area (Å²) in [5.74, 6) is 0.543. The lowest BCUT2D eigenvalue weighted by Crippen LogP contribution is -2.28. The molecule has 1 N–H and O–H groups in total. The molecule has 3 heteroatoms. The standard InChI is InChI=1S/C19H21NOS/c1-14(16-11-10-15-6-5-7-17(15)12-16)20-19(21)13-22-18-8-3-2-4-9-18/h2-4,8-12,14H,5-7,13H2,1H3,(H,20,21)/t14-/m0/s1. The Bertz CT molecular complexity index is 654. The summed E-state index contributed by atoms with van der Waals surface area (Å²) in [6, 6.07) is 16.7. The third-order valence-corrected chi connectivity index (χ3v) is 5.13. The lowest BCUT2D eigenvalue weighted by atomic mass is 10.0. The Morgan fingerprint density at radius 1 is 1.14 bits per heavy atom. The normalized spacial score (nSPS) is 14.4. The molecule has 0 saturated heterocycles. The van der Waals surface area contributed by atoms with Crippen LogP contribution in [0.25, 0.3) is 0 Å². The number of fused-ring (bicyclic) bond motifs is 1. The van der Waals surface area contributed by atoms with E-state index < -0.39 is 0 Å². The molecule has 114 valence electrons. The fraction of sp³-hybridized carbons (Fsp3) is 0.316. The molecule has 0 bridgehead atoms. The maximum Gasteiger partial charge on any atom is 0.230 e. The predicted octanol–water partition coefficient (Wildman–Crippen LogP) is 4.14. The minimum atomic E-state index is 0.0646. The highest BCUT2D eigenvalue weighted by Crippen LogP contribution is 2.25. The van der Waals surface area contributed by atoms with Gasteiger partial charge in [-0.2, -0.15) is 0 Å². The van der Waals surface area contributed by atoms with Crippen molar-refractivity contribution in [1.82, 2.24) is 5.32 Å². The topological polar surface area (TPSA) is 29.1 Å². The van der Waals surface area contributed by atoms with Crippen molar-refractivity contribution in [2.24, 2.45) is 0 Å². The van der Waals surface area contributed by atoms with Gasteiger partial charge in [0.15, 0.2) is 0 Å². The van der Waals surface area contributed by atoms with Crippen molar-refractivity contribution in [1.29, 1.82) is 0 Å². The molecule has 0 heterocycles. The second kappa shape index (κ2) is 7.01. The Kier molecular flexibility index (Phi) is 4.84. The van der Waals surface area contributed by atoms with Crippen LogP contribution in [0.1, 0.15) is 36.1 Å². The van der Waals surface area contributed by atoms with Crippen molar-refractivity contribution in [3.05, 3.63) is 65.2 Å². The fourth-order valence-electron chi connectivity index (χ4n) is 2.89. The van der Waals surface area contributed by atoms with Gasteiger partial charge in [0, 0.05) is 4.90 Å². The van der Waals surface area contributed by atoms with Gasteiger partial charge >= 0.3 is 0 Å². The number of carbonyl (C=O) groups is 1. The summed E-state index contributed by atoms with van der Waals surface area (Å²) in [6.07, 6.45) is 3.63. The van der Waals surface area contributed by atoms with Gasteiger partial charge in [-0.3, -0.25) is 4.79 Å². The quantitative estimate of drug-likeness (QED) is 0.841. The predicted molar refractivity (Wildman–Crippen MR) is 92.2 cm³/mol. The van der Waals surface area contributed by atoms with Crippen LogP contribution < -0.4 is 5.32 Å². The van der Waals surface area contributed by atoms with Gasteiger partial charge in [-0.1, -0.05) is 36.4 Å². The molecule has 1 amide bonds. The first-order valence-electron chi connectivity index (χ1n) is 7.81. The van der Waals surface area contributed by atoms with E-state index in [-0.39, 0.29) is 11.9 Å². The highest BCUT2D eigenvalue weighted by atomic mass is 32.2. The first kappa shape index (κ1) is 15.2. The highest BCUT2D eigenvalue weighted by Gasteiger charge is 2.14. The van der Waals surface area contributed by atoms with E-state index in [1.165, 1.54) is 36.0 Å². The van der Waals surface area contributed by atoms with E-state index in [1.54, 1.807) is 11.8 Å². The average Bonchev–Trinajstić information content (AvgIpc) is 3.01. The minimum absolute atomic E-state index is 0.0646. The summed E-state index contributed by atoms with van der Waals surface area (Å²) in [6.45, 7) is 2.06. The van der Waals surface area contributed by atoms with E-state index in [0.29, 0.717) is 5.75 Å². The van der Waals surface area contributed by atoms with E-state index in [2.05, 4.69) is 30.4 Å². The van der Waals surface area contributed by atoms with Gasteiger partial charge in [-0.05, 0) is 55.0 Å². The third-order valence-electron chi connectivity index (χ3n) is 4.11. The van der Waals surface area contributed by atoms with Crippen molar-refractivity contribution in [3.63, 3.8) is 0 Å². The molecule has 0 spiro atoms. The van der Waals surface area contributed by atoms with Gasteiger partial charge in [0.05, 0.1) is 11.8 Å². The van der Waals surface area contributed by atoms with Crippen molar-refractivity contribution in [2.75, 3.05) is 5.75 Å².